The number of carbonyl (C=O) groups excluding carboxylic acids is 1. The standard InChI is InChI=1S/C22H27N5O5S/c1-2-3-8-27-19-6-5-17(33(23,29)30)13-18(19)25-21(27)15-32-22(28)16-4-7-20(24-14-16)26-9-11-31-12-10-26/h4-7,13-14H,2-3,8-12,15H2,1H3,(H2,23,29,30). The normalized spacial score (nSPS) is 14.5. The number of nitrogens with two attached hydrogens (primary N) is 1. The van der Waals surface area contributed by atoms with Gasteiger partial charge in [0.15, 0.2) is 0 Å². The minimum Gasteiger partial charge on any atom is -0.454 e. The first-order valence-electron chi connectivity index (χ1n) is 10.8. The van der Waals surface area contributed by atoms with Gasteiger partial charge in [0, 0.05) is 25.8 Å². The van der Waals surface area contributed by atoms with Crippen molar-refractivity contribution in [3.63, 3.8) is 0 Å². The molecule has 0 unspecified atom stereocenters. The summed E-state index contributed by atoms with van der Waals surface area (Å²) in [4.78, 5) is 23.6. The number of benzene rings is 1. The van der Waals surface area contributed by atoms with Gasteiger partial charge in [-0.25, -0.2) is 28.3 Å². The van der Waals surface area contributed by atoms with Crippen molar-refractivity contribution in [2.75, 3.05) is 31.2 Å². The number of unbranched alkanes of at least 4 members (excludes halogenated alkanes) is 1. The summed E-state index contributed by atoms with van der Waals surface area (Å²) >= 11 is 0. The van der Waals surface area contributed by atoms with Crippen LogP contribution in [0.2, 0.25) is 0 Å². The first kappa shape index (κ1) is 23.1. The Bertz CT molecular complexity index is 1230. The van der Waals surface area contributed by atoms with Crippen LogP contribution in [0.3, 0.4) is 0 Å². The number of anilines is 1. The monoisotopic (exact) mass is 473 g/mol. The van der Waals surface area contributed by atoms with Crippen molar-refractivity contribution in [3.8, 4) is 0 Å². The number of hydrogen-bond donors (Lipinski definition) is 1. The number of sulfonamides is 1. The van der Waals surface area contributed by atoms with Gasteiger partial charge in [0.1, 0.15) is 18.2 Å². The number of rotatable bonds is 8. The maximum absolute atomic E-state index is 12.6. The number of esters is 1. The van der Waals surface area contributed by atoms with Crippen LogP contribution in [0.4, 0.5) is 5.82 Å². The second-order valence-electron chi connectivity index (χ2n) is 7.81. The molecule has 0 atom stereocenters. The molecule has 0 aliphatic carbocycles. The van der Waals surface area contributed by atoms with E-state index in [9.17, 15) is 13.2 Å². The van der Waals surface area contributed by atoms with E-state index in [0.717, 1.165) is 37.3 Å². The average molecular weight is 474 g/mol. The van der Waals surface area contributed by atoms with Gasteiger partial charge in [0.2, 0.25) is 10.0 Å². The Kier molecular flexibility index (Phi) is 6.91. The molecule has 1 fully saturated rings. The fourth-order valence-corrected chi connectivity index (χ4v) is 4.25. The third-order valence-electron chi connectivity index (χ3n) is 5.51. The number of hydrogen-bond acceptors (Lipinski definition) is 8. The molecule has 1 aromatic carbocycles. The van der Waals surface area contributed by atoms with E-state index in [-0.39, 0.29) is 11.5 Å². The van der Waals surface area contributed by atoms with Gasteiger partial charge in [-0.15, -0.1) is 0 Å². The molecule has 2 N–H and O–H groups in total. The van der Waals surface area contributed by atoms with Crippen LogP contribution < -0.4 is 10.0 Å². The van der Waals surface area contributed by atoms with Crippen LogP contribution in [0.1, 0.15) is 35.9 Å². The molecule has 1 aliphatic rings. The van der Waals surface area contributed by atoms with E-state index < -0.39 is 16.0 Å². The van der Waals surface area contributed by atoms with Crippen LogP contribution in [0.25, 0.3) is 11.0 Å². The number of carbonyl (C=O) groups is 1. The maximum Gasteiger partial charge on any atom is 0.340 e. The Morgan fingerprint density at radius 2 is 2.00 bits per heavy atom. The van der Waals surface area contributed by atoms with Gasteiger partial charge in [-0.2, -0.15) is 0 Å². The van der Waals surface area contributed by atoms with Crippen LogP contribution in [0.15, 0.2) is 41.4 Å². The Morgan fingerprint density at radius 1 is 1.21 bits per heavy atom. The fourth-order valence-electron chi connectivity index (χ4n) is 3.71. The summed E-state index contributed by atoms with van der Waals surface area (Å²) in [7, 11) is -3.84. The van der Waals surface area contributed by atoms with E-state index in [2.05, 4.69) is 21.8 Å². The quantitative estimate of drug-likeness (QED) is 0.492. The van der Waals surface area contributed by atoms with Gasteiger partial charge >= 0.3 is 5.97 Å². The number of aromatic nitrogens is 3. The third-order valence-corrected chi connectivity index (χ3v) is 6.42. The summed E-state index contributed by atoms with van der Waals surface area (Å²) < 4.78 is 36.2. The summed E-state index contributed by atoms with van der Waals surface area (Å²) in [6, 6.07) is 8.06. The molecule has 176 valence electrons. The van der Waals surface area contributed by atoms with Crippen molar-refractivity contribution >= 4 is 32.8 Å². The van der Waals surface area contributed by atoms with Gasteiger partial charge < -0.3 is 18.9 Å². The molecule has 0 radical (unpaired) electrons. The number of fused-ring (bicyclic) bond motifs is 1. The van der Waals surface area contributed by atoms with Crippen molar-refractivity contribution in [2.24, 2.45) is 5.14 Å². The molecule has 0 bridgehead atoms. The van der Waals surface area contributed by atoms with E-state index in [1.807, 2.05) is 4.57 Å². The highest BCUT2D eigenvalue weighted by Crippen LogP contribution is 2.22. The lowest BCUT2D eigenvalue weighted by atomic mass is 10.2. The summed E-state index contributed by atoms with van der Waals surface area (Å²) in [5, 5.41) is 5.25. The molecule has 0 saturated carbocycles. The Morgan fingerprint density at radius 3 is 2.67 bits per heavy atom. The first-order valence-corrected chi connectivity index (χ1v) is 12.4. The number of morpholine rings is 1. The van der Waals surface area contributed by atoms with Crippen LogP contribution in [-0.2, 0) is 32.6 Å². The van der Waals surface area contributed by atoms with Crippen molar-refractivity contribution in [2.45, 2.75) is 37.8 Å². The van der Waals surface area contributed by atoms with Crippen molar-refractivity contribution < 1.29 is 22.7 Å². The second-order valence-corrected chi connectivity index (χ2v) is 9.37. The van der Waals surface area contributed by atoms with Crippen LogP contribution in [0.5, 0.6) is 0 Å². The summed E-state index contributed by atoms with van der Waals surface area (Å²) in [5.41, 5.74) is 1.60. The van der Waals surface area contributed by atoms with Gasteiger partial charge in [-0.05, 0) is 36.8 Å². The lowest BCUT2D eigenvalue weighted by Crippen LogP contribution is -2.36. The SMILES string of the molecule is CCCCn1c(COC(=O)c2ccc(N3CCOCC3)nc2)nc2cc(S(N)(=O)=O)ccc21. The predicted molar refractivity (Wildman–Crippen MR) is 122 cm³/mol. The summed E-state index contributed by atoms with van der Waals surface area (Å²) in [6.07, 6.45) is 3.37. The van der Waals surface area contributed by atoms with E-state index in [1.165, 1.54) is 18.3 Å². The van der Waals surface area contributed by atoms with Crippen LogP contribution in [-0.4, -0.2) is 55.2 Å². The molecule has 0 spiro atoms. The lowest BCUT2D eigenvalue weighted by Gasteiger charge is -2.27. The summed E-state index contributed by atoms with van der Waals surface area (Å²) in [5.74, 6) is 0.827. The van der Waals surface area contributed by atoms with E-state index in [4.69, 9.17) is 14.6 Å². The molecule has 1 saturated heterocycles. The highest BCUT2D eigenvalue weighted by molar-refractivity contribution is 7.89. The molecular formula is C22H27N5O5S. The highest BCUT2D eigenvalue weighted by atomic mass is 32.2. The Labute approximate surface area is 192 Å². The number of primary sulfonamides is 1. The molecular weight excluding hydrogens is 446 g/mol. The molecule has 2 aromatic heterocycles. The number of aryl methyl sites for hydroxylation is 1. The molecule has 10 nitrogen and oxygen atoms in total. The molecule has 1 aliphatic heterocycles. The van der Waals surface area contributed by atoms with E-state index in [0.29, 0.717) is 36.7 Å². The number of nitrogens with zero attached hydrogens (tertiary/aromatic N) is 4. The second kappa shape index (κ2) is 9.86. The zero-order valence-electron chi connectivity index (χ0n) is 18.4. The van der Waals surface area contributed by atoms with Crippen molar-refractivity contribution in [1.29, 1.82) is 0 Å². The minimum atomic E-state index is -3.84. The fraction of sp³-hybridized carbons (Fsp3) is 0.409. The van der Waals surface area contributed by atoms with Crippen LogP contribution >= 0.6 is 0 Å². The Hall–Kier alpha value is -3.02. The number of ether oxygens (including phenoxy) is 2. The molecule has 11 heteroatoms. The topological polar surface area (TPSA) is 130 Å². The van der Waals surface area contributed by atoms with E-state index in [1.54, 1.807) is 18.2 Å². The molecule has 33 heavy (non-hydrogen) atoms. The van der Waals surface area contributed by atoms with Crippen LogP contribution in [0, 0.1) is 0 Å². The zero-order valence-corrected chi connectivity index (χ0v) is 19.3. The average Bonchev–Trinajstić information content (AvgIpc) is 3.18. The lowest BCUT2D eigenvalue weighted by molar-refractivity contribution is 0.0458. The predicted octanol–water partition coefficient (Wildman–Crippen LogP) is 2.07. The first-order chi connectivity index (χ1) is 15.9. The zero-order chi connectivity index (χ0) is 23.4. The van der Waals surface area contributed by atoms with Gasteiger partial charge in [-0.3, -0.25) is 0 Å². The molecule has 0 amide bonds. The number of imidazole rings is 1. The van der Waals surface area contributed by atoms with Crippen molar-refractivity contribution in [3.05, 3.63) is 47.9 Å². The third kappa shape index (κ3) is 5.32. The minimum absolute atomic E-state index is 0.00915. The molecule has 3 aromatic rings. The Balaban J connectivity index is 1.50. The van der Waals surface area contributed by atoms with Gasteiger partial charge in [0.25, 0.3) is 0 Å². The highest BCUT2D eigenvalue weighted by Gasteiger charge is 2.18. The number of pyridine rings is 1. The largest absolute Gasteiger partial charge is 0.454 e. The molecule has 3 heterocycles. The smallest absolute Gasteiger partial charge is 0.340 e. The van der Waals surface area contributed by atoms with Gasteiger partial charge in [-0.1, -0.05) is 13.3 Å². The van der Waals surface area contributed by atoms with Gasteiger partial charge in [0.05, 0.1) is 34.7 Å². The molecule has 4 rings (SSSR count). The summed E-state index contributed by atoms with van der Waals surface area (Å²) in [6.45, 7) is 5.53. The van der Waals surface area contributed by atoms with Crippen molar-refractivity contribution in [1.82, 2.24) is 14.5 Å². The van der Waals surface area contributed by atoms with E-state index >= 15 is 0 Å². The maximum atomic E-state index is 12.6.